The summed E-state index contributed by atoms with van der Waals surface area (Å²) >= 11 is 6.02. The third kappa shape index (κ3) is 5.52. The van der Waals surface area contributed by atoms with E-state index in [1.165, 1.54) is 30.0 Å². The molecule has 1 saturated heterocycles. The van der Waals surface area contributed by atoms with E-state index in [2.05, 4.69) is 15.2 Å². The maximum Gasteiger partial charge on any atom is 0.267 e. The van der Waals surface area contributed by atoms with Crippen molar-refractivity contribution in [1.82, 2.24) is 19.8 Å². The number of benzene rings is 1. The number of nitrogens with zero attached hydrogens (tertiary/aromatic N) is 3. The van der Waals surface area contributed by atoms with Crippen molar-refractivity contribution in [3.8, 4) is 11.4 Å². The number of piperidine rings is 1. The Morgan fingerprint density at radius 2 is 2.03 bits per heavy atom. The standard InChI is InChI=1S/C21H25ClN4O3/c22-17-7-4-6-16(14-17)19-24-15-18(21(29)26(19)12-13-27)20(28)23-8-5-11-25-9-2-1-3-10-25/h4,6-7,13-15H,1-3,5,8-12H2,(H,23,28). The largest absolute Gasteiger partial charge is 0.352 e. The molecular weight excluding hydrogens is 392 g/mol. The van der Waals surface area contributed by atoms with Gasteiger partial charge in [-0.3, -0.25) is 14.2 Å². The lowest BCUT2D eigenvalue weighted by Crippen LogP contribution is -2.36. The number of halogens is 1. The number of hydrogen-bond donors (Lipinski definition) is 1. The van der Waals surface area contributed by atoms with Gasteiger partial charge in [0.1, 0.15) is 17.7 Å². The van der Waals surface area contributed by atoms with Crippen molar-refractivity contribution in [2.75, 3.05) is 26.2 Å². The maximum atomic E-state index is 12.8. The van der Waals surface area contributed by atoms with Crippen molar-refractivity contribution >= 4 is 23.8 Å². The highest BCUT2D eigenvalue weighted by atomic mass is 35.5. The minimum absolute atomic E-state index is 0.0735. The van der Waals surface area contributed by atoms with Gasteiger partial charge in [0.2, 0.25) is 0 Å². The van der Waals surface area contributed by atoms with Crippen LogP contribution in [-0.2, 0) is 11.3 Å². The Balaban J connectivity index is 1.70. The van der Waals surface area contributed by atoms with Gasteiger partial charge in [-0.1, -0.05) is 30.2 Å². The molecule has 1 aliphatic heterocycles. The fraction of sp³-hybridized carbons (Fsp3) is 0.429. The molecule has 29 heavy (non-hydrogen) atoms. The van der Waals surface area contributed by atoms with E-state index in [0.29, 0.717) is 29.2 Å². The Morgan fingerprint density at radius 3 is 2.76 bits per heavy atom. The number of carbonyl (C=O) groups is 2. The van der Waals surface area contributed by atoms with Crippen LogP contribution >= 0.6 is 11.6 Å². The normalized spacial score (nSPS) is 14.5. The highest BCUT2D eigenvalue weighted by Crippen LogP contribution is 2.20. The quantitative estimate of drug-likeness (QED) is 0.527. The summed E-state index contributed by atoms with van der Waals surface area (Å²) in [5.41, 5.74) is -0.0175. The van der Waals surface area contributed by atoms with Crippen molar-refractivity contribution in [2.45, 2.75) is 32.2 Å². The fourth-order valence-electron chi connectivity index (χ4n) is 3.53. The SMILES string of the molecule is O=CCn1c(-c2cccc(Cl)c2)ncc(C(=O)NCCCN2CCCCC2)c1=O. The molecule has 0 atom stereocenters. The van der Waals surface area contributed by atoms with E-state index >= 15 is 0 Å². The molecule has 1 aliphatic rings. The second kappa shape index (κ2) is 10.3. The lowest BCUT2D eigenvalue weighted by atomic mass is 10.1. The first-order valence-corrected chi connectivity index (χ1v) is 10.3. The van der Waals surface area contributed by atoms with Crippen LogP contribution in [0.4, 0.5) is 0 Å². The second-order valence-corrected chi connectivity index (χ2v) is 7.54. The summed E-state index contributed by atoms with van der Waals surface area (Å²) in [6, 6.07) is 6.84. The lowest BCUT2D eigenvalue weighted by molar-refractivity contribution is -0.108. The first-order chi connectivity index (χ1) is 14.1. The van der Waals surface area contributed by atoms with Crippen LogP contribution < -0.4 is 10.9 Å². The molecule has 2 aromatic rings. The molecule has 1 aromatic carbocycles. The summed E-state index contributed by atoms with van der Waals surface area (Å²) in [5, 5.41) is 3.28. The van der Waals surface area contributed by atoms with Crippen molar-refractivity contribution in [3.05, 3.63) is 51.4 Å². The van der Waals surface area contributed by atoms with E-state index in [9.17, 15) is 14.4 Å². The molecule has 0 aliphatic carbocycles. The first kappa shape index (κ1) is 21.2. The van der Waals surface area contributed by atoms with Crippen molar-refractivity contribution in [2.24, 2.45) is 0 Å². The van der Waals surface area contributed by atoms with Gasteiger partial charge in [-0.15, -0.1) is 0 Å². The minimum atomic E-state index is -0.546. The van der Waals surface area contributed by atoms with Crippen molar-refractivity contribution in [3.63, 3.8) is 0 Å². The highest BCUT2D eigenvalue weighted by Gasteiger charge is 2.17. The number of carbonyl (C=O) groups excluding carboxylic acids is 2. The Bertz CT molecular complexity index is 922. The van der Waals surface area contributed by atoms with Crippen LogP contribution in [0.15, 0.2) is 35.3 Å². The maximum absolute atomic E-state index is 12.8. The van der Waals surface area contributed by atoms with E-state index in [0.717, 1.165) is 26.1 Å². The van der Waals surface area contributed by atoms with Crippen LogP contribution in [0.1, 0.15) is 36.0 Å². The average molecular weight is 417 g/mol. The zero-order chi connectivity index (χ0) is 20.6. The Labute approximate surface area is 174 Å². The molecule has 8 heteroatoms. The minimum Gasteiger partial charge on any atom is -0.352 e. The second-order valence-electron chi connectivity index (χ2n) is 7.10. The smallest absolute Gasteiger partial charge is 0.267 e. The molecule has 0 radical (unpaired) electrons. The van der Waals surface area contributed by atoms with Crippen LogP contribution in [0.3, 0.4) is 0 Å². The zero-order valence-corrected chi connectivity index (χ0v) is 17.0. The van der Waals surface area contributed by atoms with Crippen molar-refractivity contribution in [1.29, 1.82) is 0 Å². The van der Waals surface area contributed by atoms with E-state index in [4.69, 9.17) is 11.6 Å². The van der Waals surface area contributed by atoms with Gasteiger partial charge < -0.3 is 15.0 Å². The molecule has 0 spiro atoms. The van der Waals surface area contributed by atoms with Crippen molar-refractivity contribution < 1.29 is 9.59 Å². The molecule has 0 saturated carbocycles. The van der Waals surface area contributed by atoms with Crippen LogP contribution in [0, 0.1) is 0 Å². The van der Waals surface area contributed by atoms with E-state index in [1.807, 2.05) is 0 Å². The van der Waals surface area contributed by atoms with Gasteiger partial charge in [0.25, 0.3) is 11.5 Å². The predicted octanol–water partition coefficient (Wildman–Crippen LogP) is 2.37. The number of nitrogens with one attached hydrogen (secondary N) is 1. The van der Waals surface area contributed by atoms with Gasteiger partial charge >= 0.3 is 0 Å². The third-order valence-electron chi connectivity index (χ3n) is 5.02. The molecule has 1 N–H and O–H groups in total. The number of rotatable bonds is 8. The summed E-state index contributed by atoms with van der Waals surface area (Å²) in [6.45, 7) is 3.45. The molecule has 7 nitrogen and oxygen atoms in total. The van der Waals surface area contributed by atoms with Gasteiger partial charge in [0.05, 0.1) is 6.54 Å². The molecule has 0 bridgehead atoms. The number of aromatic nitrogens is 2. The van der Waals surface area contributed by atoms with E-state index in [1.54, 1.807) is 24.3 Å². The van der Waals surface area contributed by atoms with Crippen LogP contribution in [0.25, 0.3) is 11.4 Å². The molecule has 1 aromatic heterocycles. The Hall–Kier alpha value is -2.51. The fourth-order valence-corrected chi connectivity index (χ4v) is 3.72. The molecule has 154 valence electrons. The lowest BCUT2D eigenvalue weighted by Gasteiger charge is -2.26. The number of hydrogen-bond acceptors (Lipinski definition) is 5. The Kier molecular flexibility index (Phi) is 7.55. The van der Waals surface area contributed by atoms with Crippen LogP contribution in [0.2, 0.25) is 5.02 Å². The molecule has 3 rings (SSSR count). The summed E-state index contributed by atoms with van der Waals surface area (Å²) in [4.78, 5) is 43.1. The monoisotopic (exact) mass is 416 g/mol. The summed E-state index contributed by atoms with van der Waals surface area (Å²) < 4.78 is 1.20. The molecule has 1 fully saturated rings. The highest BCUT2D eigenvalue weighted by molar-refractivity contribution is 6.30. The van der Waals surface area contributed by atoms with Gasteiger partial charge in [-0.05, 0) is 51.0 Å². The molecule has 0 unspecified atom stereocenters. The number of aldehydes is 1. The topological polar surface area (TPSA) is 84.3 Å². The van der Waals surface area contributed by atoms with Gasteiger partial charge in [-0.25, -0.2) is 4.98 Å². The average Bonchev–Trinajstić information content (AvgIpc) is 2.73. The Morgan fingerprint density at radius 1 is 1.24 bits per heavy atom. The third-order valence-corrected chi connectivity index (χ3v) is 5.25. The zero-order valence-electron chi connectivity index (χ0n) is 16.3. The van der Waals surface area contributed by atoms with Crippen LogP contribution in [-0.4, -0.2) is 52.8 Å². The molecular formula is C21H25ClN4O3. The van der Waals surface area contributed by atoms with E-state index < -0.39 is 11.5 Å². The number of amides is 1. The van der Waals surface area contributed by atoms with Crippen LogP contribution in [0.5, 0.6) is 0 Å². The van der Waals surface area contributed by atoms with Gasteiger partial charge in [0, 0.05) is 23.3 Å². The van der Waals surface area contributed by atoms with Gasteiger partial charge in [0.15, 0.2) is 0 Å². The molecule has 1 amide bonds. The number of likely N-dealkylation sites (tertiary alicyclic amines) is 1. The predicted molar refractivity (Wildman–Crippen MR) is 112 cm³/mol. The summed E-state index contributed by atoms with van der Waals surface area (Å²) in [6.07, 6.45) is 6.44. The first-order valence-electron chi connectivity index (χ1n) is 9.90. The molecule has 2 heterocycles. The van der Waals surface area contributed by atoms with Gasteiger partial charge in [-0.2, -0.15) is 0 Å². The summed E-state index contributed by atoms with van der Waals surface area (Å²) in [5.74, 6) is -0.176. The summed E-state index contributed by atoms with van der Waals surface area (Å²) in [7, 11) is 0. The van der Waals surface area contributed by atoms with E-state index in [-0.39, 0.29) is 12.1 Å².